The van der Waals surface area contributed by atoms with E-state index in [9.17, 15) is 19.2 Å². The molecule has 2 aliphatic rings. The minimum absolute atomic E-state index is 0.0494. The Morgan fingerprint density at radius 1 is 1.09 bits per heavy atom. The maximum absolute atomic E-state index is 13.2. The van der Waals surface area contributed by atoms with Crippen molar-refractivity contribution in [2.24, 2.45) is 0 Å². The molecule has 2 aromatic rings. The zero-order valence-electron chi connectivity index (χ0n) is 18.6. The van der Waals surface area contributed by atoms with E-state index in [1.54, 1.807) is 47.4 Å². The van der Waals surface area contributed by atoms with Crippen LogP contribution >= 0.6 is 0 Å². The van der Waals surface area contributed by atoms with Crippen molar-refractivity contribution in [3.63, 3.8) is 0 Å². The predicted molar refractivity (Wildman–Crippen MR) is 121 cm³/mol. The van der Waals surface area contributed by atoms with Gasteiger partial charge in [0.25, 0.3) is 5.91 Å². The van der Waals surface area contributed by atoms with Gasteiger partial charge in [0, 0.05) is 25.8 Å². The molecule has 1 fully saturated rings. The largest absolute Gasteiger partial charge is 0.375 e. The fourth-order valence-electron chi connectivity index (χ4n) is 4.43. The van der Waals surface area contributed by atoms with Gasteiger partial charge in [0.15, 0.2) is 0 Å². The zero-order chi connectivity index (χ0) is 23.6. The first-order chi connectivity index (χ1) is 15.8. The highest BCUT2D eigenvalue weighted by molar-refractivity contribution is 6.11. The van der Waals surface area contributed by atoms with E-state index in [1.807, 2.05) is 13.0 Å². The predicted octanol–water partition coefficient (Wildman–Crippen LogP) is 1.89. The van der Waals surface area contributed by atoms with Gasteiger partial charge in [-0.05, 0) is 43.2 Å². The Hall–Kier alpha value is -3.72. The second kappa shape index (κ2) is 9.03. The van der Waals surface area contributed by atoms with E-state index >= 15 is 0 Å². The molecule has 33 heavy (non-hydrogen) atoms. The molecule has 0 bridgehead atoms. The molecule has 4 rings (SSSR count). The van der Waals surface area contributed by atoms with Gasteiger partial charge in [-0.3, -0.25) is 24.1 Å². The zero-order valence-corrected chi connectivity index (χ0v) is 18.6. The van der Waals surface area contributed by atoms with Crippen LogP contribution in [0, 0.1) is 0 Å². The SMILES string of the molecule is COCC(=O)Nc1cccc(CNC(=O)CN2C(=O)c3ccccc3N3C(=O)CCC23C)c1. The summed E-state index contributed by atoms with van der Waals surface area (Å²) in [5.41, 5.74) is 1.51. The Balaban J connectivity index is 1.45. The van der Waals surface area contributed by atoms with E-state index in [0.717, 1.165) is 5.56 Å². The molecule has 0 radical (unpaired) electrons. The van der Waals surface area contributed by atoms with Gasteiger partial charge in [-0.15, -0.1) is 0 Å². The molecule has 0 saturated carbocycles. The minimum Gasteiger partial charge on any atom is -0.375 e. The number of hydrogen-bond donors (Lipinski definition) is 2. The lowest BCUT2D eigenvalue weighted by atomic mass is 9.98. The lowest BCUT2D eigenvalue weighted by Crippen LogP contribution is -2.63. The summed E-state index contributed by atoms with van der Waals surface area (Å²) in [6, 6.07) is 14.1. The van der Waals surface area contributed by atoms with Crippen molar-refractivity contribution < 1.29 is 23.9 Å². The molecule has 1 saturated heterocycles. The second-order valence-corrected chi connectivity index (χ2v) is 8.31. The van der Waals surface area contributed by atoms with Crippen molar-refractivity contribution in [3.8, 4) is 0 Å². The highest BCUT2D eigenvalue weighted by Gasteiger charge is 2.53. The van der Waals surface area contributed by atoms with Crippen LogP contribution in [0.3, 0.4) is 0 Å². The Morgan fingerprint density at radius 3 is 2.67 bits per heavy atom. The first-order valence-corrected chi connectivity index (χ1v) is 10.7. The molecule has 0 aromatic heterocycles. The van der Waals surface area contributed by atoms with Crippen molar-refractivity contribution in [2.45, 2.75) is 32.0 Å². The number of benzene rings is 2. The molecule has 0 aliphatic carbocycles. The van der Waals surface area contributed by atoms with Gasteiger partial charge in [-0.1, -0.05) is 24.3 Å². The van der Waals surface area contributed by atoms with Gasteiger partial charge in [-0.25, -0.2) is 0 Å². The number of hydrogen-bond acceptors (Lipinski definition) is 5. The summed E-state index contributed by atoms with van der Waals surface area (Å²) in [4.78, 5) is 53.5. The molecular weight excluding hydrogens is 424 g/mol. The van der Waals surface area contributed by atoms with E-state index in [2.05, 4.69) is 10.6 Å². The number of amides is 4. The van der Waals surface area contributed by atoms with E-state index in [-0.39, 0.29) is 43.3 Å². The van der Waals surface area contributed by atoms with Crippen LogP contribution in [0.1, 0.15) is 35.7 Å². The van der Waals surface area contributed by atoms with Gasteiger partial charge in [0.2, 0.25) is 17.7 Å². The summed E-state index contributed by atoms with van der Waals surface area (Å²) < 4.78 is 4.81. The van der Waals surface area contributed by atoms with Crippen LogP contribution in [0.25, 0.3) is 0 Å². The molecule has 1 unspecified atom stereocenters. The summed E-state index contributed by atoms with van der Waals surface area (Å²) in [6.07, 6.45) is 0.778. The summed E-state index contributed by atoms with van der Waals surface area (Å²) in [5.74, 6) is -0.934. The van der Waals surface area contributed by atoms with E-state index in [4.69, 9.17) is 4.74 Å². The number of fused-ring (bicyclic) bond motifs is 3. The van der Waals surface area contributed by atoms with Crippen molar-refractivity contribution >= 4 is 35.0 Å². The van der Waals surface area contributed by atoms with E-state index < -0.39 is 5.66 Å². The number of ether oxygens (including phenoxy) is 1. The normalized spacial score (nSPS) is 19.2. The topological polar surface area (TPSA) is 108 Å². The van der Waals surface area contributed by atoms with Crippen LogP contribution < -0.4 is 15.5 Å². The highest BCUT2D eigenvalue weighted by atomic mass is 16.5. The fourth-order valence-corrected chi connectivity index (χ4v) is 4.43. The third kappa shape index (κ3) is 4.31. The van der Waals surface area contributed by atoms with E-state index in [1.165, 1.54) is 12.0 Å². The van der Waals surface area contributed by atoms with Crippen molar-refractivity contribution in [1.29, 1.82) is 0 Å². The number of carbonyl (C=O) groups excluding carboxylic acids is 4. The average molecular weight is 450 g/mol. The van der Waals surface area contributed by atoms with Gasteiger partial charge >= 0.3 is 0 Å². The van der Waals surface area contributed by atoms with Crippen molar-refractivity contribution in [2.75, 3.05) is 30.5 Å². The van der Waals surface area contributed by atoms with Crippen LogP contribution in [0.5, 0.6) is 0 Å². The summed E-state index contributed by atoms with van der Waals surface area (Å²) in [7, 11) is 1.44. The lowest BCUT2D eigenvalue weighted by Gasteiger charge is -2.48. The average Bonchev–Trinajstić information content (AvgIpc) is 3.11. The van der Waals surface area contributed by atoms with Crippen LogP contribution in [-0.4, -0.2) is 54.5 Å². The number of nitrogens with zero attached hydrogens (tertiary/aromatic N) is 2. The molecule has 2 aromatic carbocycles. The number of nitrogens with one attached hydrogen (secondary N) is 2. The van der Waals surface area contributed by atoms with Crippen LogP contribution in [0.4, 0.5) is 11.4 Å². The third-order valence-corrected chi connectivity index (χ3v) is 6.02. The third-order valence-electron chi connectivity index (χ3n) is 6.02. The van der Waals surface area contributed by atoms with Gasteiger partial charge in [0.05, 0.1) is 11.3 Å². The second-order valence-electron chi connectivity index (χ2n) is 8.31. The van der Waals surface area contributed by atoms with Crippen molar-refractivity contribution in [3.05, 3.63) is 59.7 Å². The molecule has 0 spiro atoms. The first kappa shape index (κ1) is 22.5. The lowest BCUT2D eigenvalue weighted by molar-refractivity contribution is -0.124. The number of anilines is 2. The van der Waals surface area contributed by atoms with Gasteiger partial charge < -0.3 is 20.3 Å². The van der Waals surface area contributed by atoms with Gasteiger partial charge in [0.1, 0.15) is 18.8 Å². The smallest absolute Gasteiger partial charge is 0.258 e. The fraction of sp³-hybridized carbons (Fsp3) is 0.333. The quantitative estimate of drug-likeness (QED) is 0.670. The molecule has 1 atom stereocenters. The Kier molecular flexibility index (Phi) is 6.15. The van der Waals surface area contributed by atoms with Crippen LogP contribution in [0.2, 0.25) is 0 Å². The molecule has 9 heteroatoms. The number of para-hydroxylation sites is 1. The Morgan fingerprint density at radius 2 is 1.88 bits per heavy atom. The maximum Gasteiger partial charge on any atom is 0.258 e. The molecule has 2 heterocycles. The molecular formula is C24H26N4O5. The Bertz CT molecular complexity index is 1120. The first-order valence-electron chi connectivity index (χ1n) is 10.7. The van der Waals surface area contributed by atoms with Crippen LogP contribution in [-0.2, 0) is 25.7 Å². The molecule has 4 amide bonds. The summed E-state index contributed by atoms with van der Waals surface area (Å²) >= 11 is 0. The summed E-state index contributed by atoms with van der Waals surface area (Å²) in [5, 5.41) is 5.55. The standard InChI is InChI=1S/C24H26N4O5/c1-24-11-10-22(31)28(24)19-9-4-3-8-18(19)23(32)27(24)14-20(29)25-13-16-6-5-7-17(12-16)26-21(30)15-33-2/h3-9,12H,10-11,13-15H2,1-2H3,(H,25,29)(H,26,30). The number of carbonyl (C=O) groups is 4. The number of methoxy groups -OCH3 is 1. The number of rotatable bonds is 7. The summed E-state index contributed by atoms with van der Waals surface area (Å²) in [6.45, 7) is 1.83. The van der Waals surface area contributed by atoms with Gasteiger partial charge in [-0.2, -0.15) is 0 Å². The monoisotopic (exact) mass is 450 g/mol. The maximum atomic E-state index is 13.2. The minimum atomic E-state index is -0.884. The van der Waals surface area contributed by atoms with E-state index in [0.29, 0.717) is 29.8 Å². The Labute approximate surface area is 191 Å². The molecule has 172 valence electrons. The van der Waals surface area contributed by atoms with Crippen molar-refractivity contribution in [1.82, 2.24) is 10.2 Å². The molecule has 2 N–H and O–H groups in total. The molecule has 9 nitrogen and oxygen atoms in total. The molecule has 2 aliphatic heterocycles. The highest BCUT2D eigenvalue weighted by Crippen LogP contribution is 2.43. The van der Waals surface area contributed by atoms with Crippen LogP contribution in [0.15, 0.2) is 48.5 Å².